The van der Waals surface area contributed by atoms with Crippen molar-refractivity contribution in [3.63, 3.8) is 0 Å². The van der Waals surface area contributed by atoms with Crippen LogP contribution in [0.1, 0.15) is 18.5 Å². The lowest BCUT2D eigenvalue weighted by molar-refractivity contribution is -0.134. The molecule has 3 rings (SSSR count). The number of nitrogens with zero attached hydrogens (tertiary/aromatic N) is 5. The molecule has 0 unspecified atom stereocenters. The molecule has 2 aromatic rings. The molecule has 1 atom stereocenters. The summed E-state index contributed by atoms with van der Waals surface area (Å²) in [5.74, 6) is 0.319. The topological polar surface area (TPSA) is 90.2 Å². The predicted octanol–water partition coefficient (Wildman–Crippen LogP) is 0.412. The minimum absolute atomic E-state index is 0.0588. The second-order valence-corrected chi connectivity index (χ2v) is 5.75. The van der Waals surface area contributed by atoms with Crippen LogP contribution in [-0.2, 0) is 11.3 Å². The van der Waals surface area contributed by atoms with E-state index in [1.54, 1.807) is 17.0 Å². The Morgan fingerprint density at radius 1 is 1.33 bits per heavy atom. The lowest BCUT2D eigenvalue weighted by Crippen LogP contribution is -2.46. The Hall–Kier alpha value is -2.77. The predicted molar refractivity (Wildman–Crippen MR) is 85.5 cm³/mol. The molecule has 0 saturated carbocycles. The maximum absolute atomic E-state index is 12.4. The fourth-order valence-corrected chi connectivity index (χ4v) is 2.62. The molecular formula is C16H19N5O3. The van der Waals surface area contributed by atoms with E-state index in [2.05, 4.69) is 15.3 Å². The van der Waals surface area contributed by atoms with Gasteiger partial charge in [-0.25, -0.2) is 4.68 Å². The van der Waals surface area contributed by atoms with Crippen molar-refractivity contribution >= 4 is 5.91 Å². The van der Waals surface area contributed by atoms with Crippen molar-refractivity contribution in [1.82, 2.24) is 24.9 Å². The maximum Gasteiger partial charge on any atom is 0.267 e. The number of ether oxygens (including phenoxy) is 1. The van der Waals surface area contributed by atoms with E-state index >= 15 is 0 Å². The van der Waals surface area contributed by atoms with Crippen LogP contribution in [0.25, 0.3) is 0 Å². The number of aryl methyl sites for hydroxylation is 1. The molecule has 0 bridgehead atoms. The number of amides is 1. The average molecular weight is 329 g/mol. The molecule has 8 nitrogen and oxygen atoms in total. The summed E-state index contributed by atoms with van der Waals surface area (Å²) in [6.07, 6.45) is 3.06. The Labute approximate surface area is 139 Å². The van der Waals surface area contributed by atoms with Gasteiger partial charge in [0.2, 0.25) is 11.8 Å². The molecule has 1 aliphatic rings. The molecule has 0 aliphatic carbocycles. The van der Waals surface area contributed by atoms with Crippen molar-refractivity contribution in [2.75, 3.05) is 13.1 Å². The average Bonchev–Trinajstić information content (AvgIpc) is 2.59. The van der Waals surface area contributed by atoms with E-state index in [-0.39, 0.29) is 24.1 Å². The Kier molecular flexibility index (Phi) is 4.83. The zero-order valence-electron chi connectivity index (χ0n) is 13.5. The van der Waals surface area contributed by atoms with E-state index in [9.17, 15) is 9.59 Å². The molecule has 3 heterocycles. The first-order valence-electron chi connectivity index (χ1n) is 7.89. The van der Waals surface area contributed by atoms with Crippen molar-refractivity contribution < 1.29 is 9.53 Å². The van der Waals surface area contributed by atoms with Crippen LogP contribution in [0, 0.1) is 6.92 Å². The molecule has 2 aromatic heterocycles. The summed E-state index contributed by atoms with van der Waals surface area (Å²) in [5, 5.41) is 11.9. The largest absolute Gasteiger partial charge is 0.471 e. The normalized spacial score (nSPS) is 17.5. The second kappa shape index (κ2) is 7.20. The van der Waals surface area contributed by atoms with Crippen LogP contribution in [-0.4, -0.2) is 50.0 Å². The summed E-state index contributed by atoms with van der Waals surface area (Å²) < 4.78 is 6.98. The summed E-state index contributed by atoms with van der Waals surface area (Å²) in [6.45, 7) is 2.92. The molecule has 24 heavy (non-hydrogen) atoms. The van der Waals surface area contributed by atoms with Crippen molar-refractivity contribution in [1.29, 1.82) is 0 Å². The van der Waals surface area contributed by atoms with Crippen LogP contribution < -0.4 is 10.3 Å². The SMILES string of the molecule is Cc1ccc(O[C@@H]2CCCN(C(=O)Cn3ncccc3=O)C2)nn1. The van der Waals surface area contributed by atoms with Crippen LogP contribution in [0.4, 0.5) is 0 Å². The van der Waals surface area contributed by atoms with Gasteiger partial charge in [-0.2, -0.15) is 10.2 Å². The Bertz CT molecular complexity index is 759. The minimum atomic E-state index is -0.286. The lowest BCUT2D eigenvalue weighted by Gasteiger charge is -2.32. The third-order valence-corrected chi connectivity index (χ3v) is 3.86. The molecule has 0 aromatic carbocycles. The van der Waals surface area contributed by atoms with Gasteiger partial charge < -0.3 is 9.64 Å². The van der Waals surface area contributed by atoms with Crippen LogP contribution in [0.5, 0.6) is 5.88 Å². The minimum Gasteiger partial charge on any atom is -0.471 e. The van der Waals surface area contributed by atoms with E-state index < -0.39 is 0 Å². The molecular weight excluding hydrogens is 310 g/mol. The molecule has 0 spiro atoms. The van der Waals surface area contributed by atoms with Gasteiger partial charge in [0, 0.05) is 24.9 Å². The van der Waals surface area contributed by atoms with Crippen LogP contribution in [0.2, 0.25) is 0 Å². The highest BCUT2D eigenvalue weighted by Crippen LogP contribution is 2.16. The summed E-state index contributed by atoms with van der Waals surface area (Å²) in [7, 11) is 0. The summed E-state index contributed by atoms with van der Waals surface area (Å²) in [4.78, 5) is 25.8. The smallest absolute Gasteiger partial charge is 0.267 e. The third kappa shape index (κ3) is 3.95. The van der Waals surface area contributed by atoms with Gasteiger partial charge >= 0.3 is 0 Å². The first-order valence-corrected chi connectivity index (χ1v) is 7.89. The molecule has 1 saturated heterocycles. The quantitative estimate of drug-likeness (QED) is 0.807. The van der Waals surface area contributed by atoms with Gasteiger partial charge in [0.1, 0.15) is 12.6 Å². The number of piperidine rings is 1. The zero-order chi connectivity index (χ0) is 16.9. The summed E-state index contributed by atoms with van der Waals surface area (Å²) >= 11 is 0. The van der Waals surface area contributed by atoms with E-state index in [1.165, 1.54) is 12.3 Å². The van der Waals surface area contributed by atoms with Crippen LogP contribution >= 0.6 is 0 Å². The second-order valence-electron chi connectivity index (χ2n) is 5.75. The van der Waals surface area contributed by atoms with E-state index in [0.717, 1.165) is 23.2 Å². The Balaban J connectivity index is 1.60. The van der Waals surface area contributed by atoms with Crippen molar-refractivity contribution in [3.05, 3.63) is 46.5 Å². The molecule has 1 aliphatic heterocycles. The monoisotopic (exact) mass is 329 g/mol. The lowest BCUT2D eigenvalue weighted by atomic mass is 10.1. The number of hydrogen-bond acceptors (Lipinski definition) is 6. The van der Waals surface area contributed by atoms with E-state index in [4.69, 9.17) is 4.74 Å². The van der Waals surface area contributed by atoms with Crippen molar-refractivity contribution in [2.24, 2.45) is 0 Å². The van der Waals surface area contributed by atoms with Gasteiger partial charge in [0.05, 0.1) is 12.2 Å². The van der Waals surface area contributed by atoms with Crippen molar-refractivity contribution in [2.45, 2.75) is 32.4 Å². The third-order valence-electron chi connectivity index (χ3n) is 3.86. The molecule has 126 valence electrons. The first-order chi connectivity index (χ1) is 11.6. The standard InChI is InChI=1S/C16H19N5O3/c1-12-6-7-14(19-18-12)24-13-4-3-9-20(10-13)16(23)11-21-15(22)5-2-8-17-21/h2,5-8,13H,3-4,9-11H2,1H3/t13-/m1/s1. The molecule has 1 fully saturated rings. The van der Waals surface area contributed by atoms with Crippen LogP contribution in [0.3, 0.4) is 0 Å². The molecule has 0 N–H and O–H groups in total. The van der Waals surface area contributed by atoms with E-state index in [1.807, 2.05) is 13.0 Å². The summed E-state index contributed by atoms with van der Waals surface area (Å²) in [5.41, 5.74) is 0.536. The molecule has 8 heteroatoms. The maximum atomic E-state index is 12.4. The van der Waals surface area contributed by atoms with Gasteiger partial charge in [-0.1, -0.05) is 0 Å². The molecule has 0 radical (unpaired) electrons. The number of aromatic nitrogens is 4. The number of carbonyl (C=O) groups is 1. The van der Waals surface area contributed by atoms with E-state index in [0.29, 0.717) is 19.0 Å². The van der Waals surface area contributed by atoms with Gasteiger partial charge in [-0.3, -0.25) is 9.59 Å². The highest BCUT2D eigenvalue weighted by Gasteiger charge is 2.25. The zero-order valence-corrected chi connectivity index (χ0v) is 13.5. The van der Waals surface area contributed by atoms with Crippen LogP contribution in [0.15, 0.2) is 35.3 Å². The Morgan fingerprint density at radius 3 is 2.96 bits per heavy atom. The fourth-order valence-electron chi connectivity index (χ4n) is 2.62. The fraction of sp³-hybridized carbons (Fsp3) is 0.438. The van der Waals surface area contributed by atoms with Gasteiger partial charge in [0.25, 0.3) is 5.56 Å². The number of rotatable bonds is 4. The highest BCUT2D eigenvalue weighted by molar-refractivity contribution is 5.76. The summed E-state index contributed by atoms with van der Waals surface area (Å²) in [6, 6.07) is 6.55. The number of likely N-dealkylation sites (tertiary alicyclic amines) is 1. The van der Waals surface area contributed by atoms with Crippen molar-refractivity contribution in [3.8, 4) is 5.88 Å². The highest BCUT2D eigenvalue weighted by atomic mass is 16.5. The Morgan fingerprint density at radius 2 is 2.21 bits per heavy atom. The van der Waals surface area contributed by atoms with Gasteiger partial charge in [0.15, 0.2) is 0 Å². The van der Waals surface area contributed by atoms with Gasteiger partial charge in [-0.15, -0.1) is 5.10 Å². The number of hydrogen-bond donors (Lipinski definition) is 0. The van der Waals surface area contributed by atoms with Gasteiger partial charge in [-0.05, 0) is 31.9 Å². The first kappa shape index (κ1) is 16.1. The number of carbonyl (C=O) groups excluding carboxylic acids is 1. The molecule has 1 amide bonds.